The molecule has 5 aromatic rings. The van der Waals surface area contributed by atoms with E-state index in [0.29, 0.717) is 28.7 Å². The van der Waals surface area contributed by atoms with E-state index in [1.54, 1.807) is 121 Å². The second-order valence-electron chi connectivity index (χ2n) is 8.81. The second kappa shape index (κ2) is 11.7. The van der Waals surface area contributed by atoms with Crippen molar-refractivity contribution in [1.82, 2.24) is 0 Å². The van der Waals surface area contributed by atoms with Crippen LogP contribution in [0, 0.1) is 0 Å². The molecule has 0 bridgehead atoms. The van der Waals surface area contributed by atoms with Crippen LogP contribution >= 0.6 is 27.9 Å². The zero-order valence-corrected chi connectivity index (χ0v) is 26.5. The molecule has 0 unspecified atom stereocenters. The van der Waals surface area contributed by atoms with E-state index in [1.165, 1.54) is 0 Å². The molecule has 0 atom stereocenters. The summed E-state index contributed by atoms with van der Waals surface area (Å²) in [6.07, 6.45) is 0. The summed E-state index contributed by atoms with van der Waals surface area (Å²) in [5.74, 6) is 1.55. The Balaban J connectivity index is 1.82. The minimum absolute atomic E-state index is 0.307. The van der Waals surface area contributed by atoms with Crippen LogP contribution in [0.4, 0.5) is 0 Å². The number of halogens is 3. The molecule has 204 valence electrons. The third kappa shape index (κ3) is 6.02. The van der Waals surface area contributed by atoms with E-state index in [2.05, 4.69) is 0 Å². The van der Waals surface area contributed by atoms with Crippen molar-refractivity contribution in [3.8, 4) is 28.7 Å². The van der Waals surface area contributed by atoms with E-state index < -0.39 is 23.0 Å². The number of rotatable bonds is 11. The third-order valence-electron chi connectivity index (χ3n) is 5.79. The molecule has 5 rings (SSSR count). The monoisotopic (exact) mass is 666 g/mol. The maximum atomic E-state index is 7.85. The number of hydrogen-bond donors (Lipinski definition) is 0. The van der Waals surface area contributed by atoms with Crippen molar-refractivity contribution >= 4 is 27.9 Å². The quantitative estimate of drug-likeness (QED) is 0.131. The van der Waals surface area contributed by atoms with Crippen LogP contribution in [0.3, 0.4) is 0 Å². The van der Waals surface area contributed by atoms with Crippen molar-refractivity contribution < 1.29 is 39.6 Å². The van der Waals surface area contributed by atoms with Gasteiger partial charge in [0.05, 0.1) is 0 Å². The molecule has 5 aromatic carbocycles. The fraction of sp³-hybridized carbons (Fsp3) is 0. The SMILES string of the molecule is [Cl][Ti]([Cl])([O]c1ccccc1)([O]c1ccccc1)[Ti]([Cl])([O]c1ccccc1)([O]c1ccccc1)[O]c1ccccc1. The van der Waals surface area contributed by atoms with Crippen molar-refractivity contribution in [3.63, 3.8) is 0 Å². The molecule has 0 aromatic heterocycles. The Morgan fingerprint density at radius 2 is 0.500 bits per heavy atom. The molecule has 0 saturated carbocycles. The van der Waals surface area contributed by atoms with Crippen molar-refractivity contribution in [2.45, 2.75) is 0 Å². The topological polar surface area (TPSA) is 46.2 Å². The van der Waals surface area contributed by atoms with Gasteiger partial charge in [0, 0.05) is 0 Å². The third-order valence-corrected chi connectivity index (χ3v) is 46.1. The average molecular weight is 668 g/mol. The zero-order valence-electron chi connectivity index (χ0n) is 21.1. The van der Waals surface area contributed by atoms with E-state index in [0.717, 1.165) is 0 Å². The predicted octanol–water partition coefficient (Wildman–Crippen LogP) is 9.71. The van der Waals surface area contributed by atoms with Gasteiger partial charge in [-0.1, -0.05) is 0 Å². The Morgan fingerprint density at radius 1 is 0.300 bits per heavy atom. The first kappa shape index (κ1) is 28.9. The van der Waals surface area contributed by atoms with Gasteiger partial charge in [0.2, 0.25) is 0 Å². The number of benzene rings is 5. The Morgan fingerprint density at radius 3 is 0.725 bits per heavy atom. The molecule has 0 saturated heterocycles. The minimum atomic E-state index is -6.56. The summed E-state index contributed by atoms with van der Waals surface area (Å²) in [6, 6.07) is 44.1. The molecule has 0 amide bonds. The van der Waals surface area contributed by atoms with Gasteiger partial charge >= 0.3 is 248 Å². The summed E-state index contributed by atoms with van der Waals surface area (Å²) in [7, 11) is 16.7. The number of para-hydroxylation sites is 5. The van der Waals surface area contributed by atoms with E-state index in [-0.39, 0.29) is 0 Å². The van der Waals surface area contributed by atoms with Gasteiger partial charge in [0.15, 0.2) is 0 Å². The van der Waals surface area contributed by atoms with Gasteiger partial charge in [-0.2, -0.15) is 0 Å². The van der Waals surface area contributed by atoms with Gasteiger partial charge < -0.3 is 0 Å². The molecule has 0 aliphatic heterocycles. The van der Waals surface area contributed by atoms with Crippen LogP contribution in [0.15, 0.2) is 152 Å². The van der Waals surface area contributed by atoms with Crippen LogP contribution < -0.4 is 16.6 Å². The molecule has 0 aliphatic rings. The molecule has 5 nitrogen and oxygen atoms in total. The van der Waals surface area contributed by atoms with Crippen molar-refractivity contribution in [2.75, 3.05) is 0 Å². The second-order valence-corrected chi connectivity index (χ2v) is 42.5. The van der Waals surface area contributed by atoms with Crippen LogP contribution in [0.1, 0.15) is 0 Å². The van der Waals surface area contributed by atoms with Crippen molar-refractivity contribution in [1.29, 1.82) is 0 Å². The normalized spacial score (nSPS) is 13.5. The van der Waals surface area contributed by atoms with E-state index >= 15 is 0 Å². The van der Waals surface area contributed by atoms with Crippen LogP contribution in [0.5, 0.6) is 28.7 Å². The molecule has 0 spiro atoms. The first-order valence-corrected chi connectivity index (χ1v) is 26.0. The molecule has 10 heteroatoms. The molecule has 0 heterocycles. The molecule has 0 N–H and O–H groups in total. The first-order chi connectivity index (χ1) is 19.2. The number of hydrogen-bond acceptors (Lipinski definition) is 5. The Labute approximate surface area is 245 Å². The van der Waals surface area contributed by atoms with Crippen LogP contribution in [0.25, 0.3) is 0 Å². The van der Waals surface area contributed by atoms with E-state index in [1.807, 2.05) is 30.3 Å². The zero-order chi connectivity index (χ0) is 28.0. The van der Waals surface area contributed by atoms with E-state index in [9.17, 15) is 0 Å². The summed E-state index contributed by atoms with van der Waals surface area (Å²) in [6.45, 7) is 0. The van der Waals surface area contributed by atoms with E-state index in [4.69, 9.17) is 44.5 Å². The summed E-state index contributed by atoms with van der Waals surface area (Å²) in [5.41, 5.74) is 0. The van der Waals surface area contributed by atoms with Crippen molar-refractivity contribution in [2.24, 2.45) is 0 Å². The summed E-state index contributed by atoms with van der Waals surface area (Å²) >= 11 is -6.56. The van der Waals surface area contributed by atoms with Gasteiger partial charge in [-0.05, 0) is 0 Å². The van der Waals surface area contributed by atoms with Gasteiger partial charge in [-0.15, -0.1) is 0 Å². The average Bonchev–Trinajstić information content (AvgIpc) is 2.95. The van der Waals surface area contributed by atoms with Gasteiger partial charge in [0.25, 0.3) is 0 Å². The molecule has 0 aliphatic carbocycles. The Hall–Kier alpha value is -2.60. The van der Waals surface area contributed by atoms with Crippen LogP contribution in [0.2, 0.25) is 0 Å². The summed E-state index contributed by atoms with van der Waals surface area (Å²) < 4.78 is 33.2. The maximum absolute atomic E-state index is 7.85. The molecular weight excluding hydrogens is 642 g/mol. The van der Waals surface area contributed by atoms with Crippen LogP contribution in [-0.4, -0.2) is 0 Å². The van der Waals surface area contributed by atoms with Crippen molar-refractivity contribution in [3.05, 3.63) is 152 Å². The standard InChI is InChI=1S/5C6H6O.3ClH.2Ti/c5*7-6-4-2-1-3-5-6;;;;;/h5*1-5,7H;3*1H;;/q;;;;;;;;2*+4/p-8. The summed E-state index contributed by atoms with van der Waals surface area (Å²) in [4.78, 5) is 0. The molecular formula is C30H25Cl3O5Ti2. The fourth-order valence-electron chi connectivity index (χ4n) is 3.92. The van der Waals surface area contributed by atoms with Gasteiger partial charge in [-0.3, -0.25) is 0 Å². The molecule has 40 heavy (non-hydrogen) atoms. The molecule has 0 fully saturated rings. The van der Waals surface area contributed by atoms with Gasteiger partial charge in [-0.25, -0.2) is 0 Å². The first-order valence-electron chi connectivity index (χ1n) is 12.4. The summed E-state index contributed by atoms with van der Waals surface area (Å²) in [5, 5.41) is 0. The van der Waals surface area contributed by atoms with Crippen LogP contribution in [-0.2, 0) is 23.0 Å². The Bertz CT molecular complexity index is 1380. The Kier molecular flexibility index (Phi) is 8.47. The molecule has 0 radical (unpaired) electrons. The fourth-order valence-corrected chi connectivity index (χ4v) is 26.4. The predicted molar refractivity (Wildman–Crippen MR) is 153 cm³/mol. The van der Waals surface area contributed by atoms with Gasteiger partial charge in [0.1, 0.15) is 0 Å².